The van der Waals surface area contributed by atoms with Crippen LogP contribution < -0.4 is 5.32 Å². The van der Waals surface area contributed by atoms with Gasteiger partial charge in [0.1, 0.15) is 0 Å². The molecule has 3 rings (SSSR count). The summed E-state index contributed by atoms with van der Waals surface area (Å²) in [6.45, 7) is 9.99. The van der Waals surface area contributed by atoms with E-state index in [0.717, 1.165) is 37.9 Å². The van der Waals surface area contributed by atoms with E-state index in [9.17, 15) is 4.79 Å². The highest BCUT2D eigenvalue weighted by molar-refractivity contribution is 14.0. The fraction of sp³-hybridized carbons (Fsp3) is 0.714. The minimum Gasteiger partial charge on any atom is -0.459 e. The molecule has 1 aromatic rings. The molecule has 3 heterocycles. The number of hydrogen-bond acceptors (Lipinski definition) is 4. The lowest BCUT2D eigenvalue weighted by molar-refractivity contribution is 0.0657. The molecule has 2 aliphatic rings. The summed E-state index contributed by atoms with van der Waals surface area (Å²) < 4.78 is 5.22. The summed E-state index contributed by atoms with van der Waals surface area (Å²) in [5.74, 6) is 2.23. The summed E-state index contributed by atoms with van der Waals surface area (Å²) in [7, 11) is 1.83. The molecule has 0 saturated carbocycles. The molecule has 1 N–H and O–H groups in total. The lowest BCUT2D eigenvalue weighted by atomic mass is 9.99. The average Bonchev–Trinajstić information content (AvgIpc) is 3.27. The Morgan fingerprint density at radius 3 is 2.45 bits per heavy atom. The van der Waals surface area contributed by atoms with Crippen LogP contribution in [0.4, 0.5) is 0 Å². The van der Waals surface area contributed by atoms with Crippen molar-refractivity contribution in [2.45, 2.75) is 32.6 Å². The van der Waals surface area contributed by atoms with Gasteiger partial charge in [-0.15, -0.1) is 24.0 Å². The van der Waals surface area contributed by atoms with Gasteiger partial charge in [-0.05, 0) is 63.4 Å². The fourth-order valence-corrected chi connectivity index (χ4v) is 3.96. The Morgan fingerprint density at radius 1 is 1.14 bits per heavy atom. The Labute approximate surface area is 191 Å². The van der Waals surface area contributed by atoms with Crippen LogP contribution in [0.3, 0.4) is 0 Å². The third-order valence-corrected chi connectivity index (χ3v) is 5.87. The van der Waals surface area contributed by atoms with Crippen molar-refractivity contribution < 1.29 is 9.21 Å². The number of amides is 1. The highest BCUT2D eigenvalue weighted by Crippen LogP contribution is 2.16. The van der Waals surface area contributed by atoms with Crippen molar-refractivity contribution in [1.82, 2.24) is 20.0 Å². The number of likely N-dealkylation sites (tertiary alicyclic amines) is 1. The zero-order valence-corrected chi connectivity index (χ0v) is 20.1. The zero-order chi connectivity index (χ0) is 19.8. The summed E-state index contributed by atoms with van der Waals surface area (Å²) in [5.41, 5.74) is 0. The Kier molecular flexibility index (Phi) is 10.3. The highest BCUT2D eigenvalue weighted by Gasteiger charge is 2.25. The molecule has 0 atom stereocenters. The number of nitrogens with one attached hydrogen (secondary N) is 1. The molecular weight excluding hydrogens is 481 g/mol. The number of rotatable bonds is 6. The highest BCUT2D eigenvalue weighted by atomic mass is 127. The molecule has 2 fully saturated rings. The van der Waals surface area contributed by atoms with Gasteiger partial charge in [0.25, 0.3) is 5.91 Å². The first-order valence-electron chi connectivity index (χ1n) is 10.7. The van der Waals surface area contributed by atoms with Gasteiger partial charge >= 0.3 is 0 Å². The first-order valence-corrected chi connectivity index (χ1v) is 10.7. The largest absolute Gasteiger partial charge is 0.459 e. The SMILES string of the molecule is CN=C(NCCCCN1CCC(C)CC1)N1CCN(C(=O)c2ccco2)CC1.I. The predicted molar refractivity (Wildman–Crippen MR) is 127 cm³/mol. The summed E-state index contributed by atoms with van der Waals surface area (Å²) in [6.07, 6.45) is 6.62. The number of unbranched alkanes of at least 4 members (excludes halogenated alkanes) is 1. The van der Waals surface area contributed by atoms with Crippen molar-refractivity contribution in [3.05, 3.63) is 24.2 Å². The predicted octanol–water partition coefficient (Wildman–Crippen LogP) is 2.74. The molecule has 2 saturated heterocycles. The van der Waals surface area contributed by atoms with Crippen LogP contribution in [0.1, 0.15) is 43.2 Å². The third-order valence-electron chi connectivity index (χ3n) is 5.87. The Hall–Kier alpha value is -1.29. The minimum atomic E-state index is -0.0281. The number of aliphatic imine (C=N–C) groups is 1. The Balaban J connectivity index is 0.00000300. The van der Waals surface area contributed by atoms with Gasteiger partial charge < -0.3 is 24.4 Å². The van der Waals surface area contributed by atoms with Crippen molar-refractivity contribution in [3.63, 3.8) is 0 Å². The first kappa shape index (κ1) is 24.0. The van der Waals surface area contributed by atoms with Crippen LogP contribution in [0.2, 0.25) is 0 Å². The maximum Gasteiger partial charge on any atom is 0.289 e. The van der Waals surface area contributed by atoms with Crippen molar-refractivity contribution in [2.75, 3.05) is 59.4 Å². The van der Waals surface area contributed by atoms with E-state index in [1.165, 1.54) is 38.9 Å². The summed E-state index contributed by atoms with van der Waals surface area (Å²) >= 11 is 0. The summed E-state index contributed by atoms with van der Waals surface area (Å²) in [6, 6.07) is 3.47. The van der Waals surface area contributed by atoms with E-state index >= 15 is 0 Å². The average molecular weight is 517 g/mol. The molecule has 8 heteroatoms. The van der Waals surface area contributed by atoms with Crippen molar-refractivity contribution in [1.29, 1.82) is 0 Å². The molecule has 0 spiro atoms. The van der Waals surface area contributed by atoms with E-state index in [1.807, 2.05) is 11.9 Å². The number of guanidine groups is 1. The van der Waals surface area contributed by atoms with E-state index in [2.05, 4.69) is 27.0 Å². The zero-order valence-electron chi connectivity index (χ0n) is 17.8. The molecule has 7 nitrogen and oxygen atoms in total. The van der Waals surface area contributed by atoms with Crippen LogP contribution in [0.25, 0.3) is 0 Å². The number of nitrogens with zero attached hydrogens (tertiary/aromatic N) is 4. The molecule has 1 aromatic heterocycles. The summed E-state index contributed by atoms with van der Waals surface area (Å²) in [5, 5.41) is 3.49. The number of hydrogen-bond donors (Lipinski definition) is 1. The van der Waals surface area contributed by atoms with Crippen LogP contribution in [0, 0.1) is 5.92 Å². The van der Waals surface area contributed by atoms with Gasteiger partial charge in [0, 0.05) is 39.8 Å². The molecule has 0 aromatic carbocycles. The number of carbonyl (C=O) groups is 1. The number of halogens is 1. The van der Waals surface area contributed by atoms with Crippen LogP contribution in [0.5, 0.6) is 0 Å². The van der Waals surface area contributed by atoms with Crippen molar-refractivity contribution in [3.8, 4) is 0 Å². The molecule has 164 valence electrons. The van der Waals surface area contributed by atoms with E-state index in [-0.39, 0.29) is 29.9 Å². The number of furan rings is 1. The second kappa shape index (κ2) is 12.4. The molecule has 0 radical (unpaired) electrons. The van der Waals surface area contributed by atoms with Gasteiger partial charge in [-0.2, -0.15) is 0 Å². The van der Waals surface area contributed by atoms with Crippen LogP contribution in [-0.2, 0) is 0 Å². The van der Waals surface area contributed by atoms with Gasteiger partial charge in [0.05, 0.1) is 6.26 Å². The molecule has 1 amide bonds. The van der Waals surface area contributed by atoms with Crippen molar-refractivity contribution >= 4 is 35.8 Å². The van der Waals surface area contributed by atoms with Crippen LogP contribution >= 0.6 is 24.0 Å². The minimum absolute atomic E-state index is 0. The molecule has 2 aliphatic heterocycles. The van der Waals surface area contributed by atoms with E-state index in [1.54, 1.807) is 18.4 Å². The maximum absolute atomic E-state index is 12.4. The van der Waals surface area contributed by atoms with Gasteiger partial charge in [0.15, 0.2) is 11.7 Å². The fourth-order valence-electron chi connectivity index (χ4n) is 3.96. The van der Waals surface area contributed by atoms with Gasteiger partial charge in [-0.3, -0.25) is 9.79 Å². The Bertz CT molecular complexity index is 621. The summed E-state index contributed by atoms with van der Waals surface area (Å²) in [4.78, 5) is 23.5. The normalized spacial score (nSPS) is 19.2. The second-order valence-corrected chi connectivity index (χ2v) is 7.96. The smallest absolute Gasteiger partial charge is 0.289 e. The quantitative estimate of drug-likeness (QED) is 0.272. The van der Waals surface area contributed by atoms with Gasteiger partial charge in [-0.25, -0.2) is 0 Å². The van der Waals surface area contributed by atoms with Crippen molar-refractivity contribution in [2.24, 2.45) is 10.9 Å². The molecule has 0 unspecified atom stereocenters. The van der Waals surface area contributed by atoms with E-state index in [4.69, 9.17) is 4.42 Å². The molecular formula is C21H36IN5O2. The first-order chi connectivity index (χ1) is 13.7. The number of piperazine rings is 1. The lowest BCUT2D eigenvalue weighted by Gasteiger charge is -2.36. The lowest BCUT2D eigenvalue weighted by Crippen LogP contribution is -2.53. The number of carbonyl (C=O) groups excluding carboxylic acids is 1. The molecule has 0 bridgehead atoms. The third kappa shape index (κ3) is 7.16. The van der Waals surface area contributed by atoms with Gasteiger partial charge in [0.2, 0.25) is 0 Å². The second-order valence-electron chi connectivity index (χ2n) is 7.96. The maximum atomic E-state index is 12.4. The molecule has 29 heavy (non-hydrogen) atoms. The van der Waals surface area contributed by atoms with E-state index < -0.39 is 0 Å². The monoisotopic (exact) mass is 517 g/mol. The van der Waals surface area contributed by atoms with E-state index in [0.29, 0.717) is 18.8 Å². The van der Waals surface area contributed by atoms with Gasteiger partial charge in [-0.1, -0.05) is 6.92 Å². The van der Waals surface area contributed by atoms with Crippen LogP contribution in [0.15, 0.2) is 27.8 Å². The molecule has 0 aliphatic carbocycles. The Morgan fingerprint density at radius 2 is 1.83 bits per heavy atom. The number of piperidine rings is 1. The standard InChI is InChI=1S/C21H35N5O2.HI/c1-18-7-11-24(12-8-18)10-4-3-9-23-21(22-2)26-15-13-25(14-16-26)20(27)19-6-5-17-28-19;/h5-6,17-18H,3-4,7-16H2,1-2H3,(H,22,23);1H. The topological polar surface area (TPSA) is 64.3 Å². The van der Waals surface area contributed by atoms with Crippen LogP contribution in [-0.4, -0.2) is 86.0 Å².